The van der Waals surface area contributed by atoms with Crippen LogP contribution in [-0.4, -0.2) is 46.4 Å². The van der Waals surface area contributed by atoms with E-state index in [0.717, 1.165) is 43.4 Å². The Morgan fingerprint density at radius 2 is 0.840 bits per heavy atom. The van der Waals surface area contributed by atoms with Gasteiger partial charge in [0.25, 0.3) is 0 Å². The maximum absolute atomic E-state index is 11.8. The summed E-state index contributed by atoms with van der Waals surface area (Å²) in [4.78, 5) is 46.2. The zero-order valence-corrected chi connectivity index (χ0v) is 33.3. The van der Waals surface area contributed by atoms with Gasteiger partial charge >= 0.3 is 11.9 Å². The molecule has 1 unspecified atom stereocenters. The van der Waals surface area contributed by atoms with Gasteiger partial charge in [-0.3, -0.25) is 24.1 Å². The zero-order chi connectivity index (χ0) is 37.5. The van der Waals surface area contributed by atoms with Crippen LogP contribution in [0.15, 0.2) is 24.3 Å². The van der Waals surface area contributed by atoms with Gasteiger partial charge in [0, 0.05) is 26.7 Å². The average molecular weight is 706 g/mol. The van der Waals surface area contributed by atoms with E-state index in [0.29, 0.717) is 12.8 Å². The molecule has 0 spiro atoms. The fraction of sp³-hybridized carbons (Fsp3) is 0.814. The number of aliphatic carboxylic acids is 1. The molecule has 2 amide bonds. The van der Waals surface area contributed by atoms with Crippen LogP contribution in [0.4, 0.5) is 0 Å². The van der Waals surface area contributed by atoms with E-state index in [4.69, 9.17) is 9.84 Å². The van der Waals surface area contributed by atoms with Crippen molar-refractivity contribution in [1.29, 1.82) is 0 Å². The highest BCUT2D eigenvalue weighted by Gasteiger charge is 2.22. The molecule has 7 heteroatoms. The predicted molar refractivity (Wildman–Crippen MR) is 210 cm³/mol. The van der Waals surface area contributed by atoms with Gasteiger partial charge in [-0.1, -0.05) is 141 Å². The summed E-state index contributed by atoms with van der Waals surface area (Å²) >= 11 is 0. The van der Waals surface area contributed by atoms with E-state index in [9.17, 15) is 19.2 Å². The van der Waals surface area contributed by atoms with Gasteiger partial charge in [0.1, 0.15) is 6.61 Å². The second kappa shape index (κ2) is 39.3. The van der Waals surface area contributed by atoms with E-state index >= 15 is 0 Å². The summed E-state index contributed by atoms with van der Waals surface area (Å²) in [5.41, 5.74) is 0. The van der Waals surface area contributed by atoms with Crippen LogP contribution in [0.5, 0.6) is 0 Å². The molecule has 1 atom stereocenters. The quantitative estimate of drug-likeness (QED) is 0.0414. The van der Waals surface area contributed by atoms with Crippen molar-refractivity contribution >= 4 is 23.8 Å². The van der Waals surface area contributed by atoms with E-state index in [1.54, 1.807) is 6.92 Å². The number of carboxylic acid groups (broad SMARTS) is 1. The van der Waals surface area contributed by atoms with Crippen molar-refractivity contribution in [3.05, 3.63) is 24.3 Å². The van der Waals surface area contributed by atoms with E-state index < -0.39 is 12.0 Å². The van der Waals surface area contributed by atoms with E-state index in [2.05, 4.69) is 38.2 Å². The molecule has 7 nitrogen and oxygen atoms in total. The molecule has 0 aromatic heterocycles. The molecule has 0 aliphatic heterocycles. The number of imide groups is 1. The number of allylic oxidation sites excluding steroid dienone is 4. The first-order valence-corrected chi connectivity index (χ1v) is 20.6. The molecule has 0 heterocycles. The fourth-order valence-electron chi connectivity index (χ4n) is 5.89. The molecule has 0 aliphatic rings. The number of ether oxygens (including phenoxy) is 1. The van der Waals surface area contributed by atoms with E-state index in [1.165, 1.54) is 142 Å². The van der Waals surface area contributed by atoms with Gasteiger partial charge in [0.2, 0.25) is 11.8 Å². The van der Waals surface area contributed by atoms with Gasteiger partial charge < -0.3 is 9.84 Å². The number of rotatable bonds is 33. The van der Waals surface area contributed by atoms with Crippen molar-refractivity contribution in [2.24, 2.45) is 0 Å². The van der Waals surface area contributed by atoms with Gasteiger partial charge in [-0.25, -0.2) is 0 Å². The van der Waals surface area contributed by atoms with Gasteiger partial charge in [0.05, 0.1) is 6.04 Å². The highest BCUT2D eigenvalue weighted by molar-refractivity contribution is 5.93. The van der Waals surface area contributed by atoms with E-state index in [1.807, 2.05) is 0 Å². The second-order valence-electron chi connectivity index (χ2n) is 14.0. The Morgan fingerprint density at radius 3 is 1.18 bits per heavy atom. The summed E-state index contributed by atoms with van der Waals surface area (Å²) in [6, 6.07) is -0.432. The van der Waals surface area contributed by atoms with Gasteiger partial charge in [-0.2, -0.15) is 0 Å². The molecule has 0 fully saturated rings. The first-order valence-electron chi connectivity index (χ1n) is 20.6. The Hall–Kier alpha value is -2.44. The largest absolute Gasteiger partial charge is 0.481 e. The van der Waals surface area contributed by atoms with Crippen LogP contribution in [0.2, 0.25) is 0 Å². The van der Waals surface area contributed by atoms with Gasteiger partial charge in [-0.05, 0) is 71.1 Å². The lowest BCUT2D eigenvalue weighted by Crippen LogP contribution is -2.43. The normalized spacial score (nSPS) is 11.8. The van der Waals surface area contributed by atoms with Crippen molar-refractivity contribution in [3.63, 3.8) is 0 Å². The van der Waals surface area contributed by atoms with E-state index in [-0.39, 0.29) is 24.4 Å². The Balaban J connectivity index is 0. The number of hydrogen-bond acceptors (Lipinski definition) is 5. The molecule has 0 bridgehead atoms. The molecule has 1 N–H and O–H groups in total. The summed E-state index contributed by atoms with van der Waals surface area (Å²) in [5.74, 6) is -1.58. The van der Waals surface area contributed by atoms with Crippen LogP contribution >= 0.6 is 0 Å². The van der Waals surface area contributed by atoms with Crippen LogP contribution in [0, 0.1) is 0 Å². The van der Waals surface area contributed by atoms with Crippen LogP contribution in [0.1, 0.15) is 214 Å². The Kier molecular flexibility index (Phi) is 39.1. The molecular weight excluding hydrogens is 626 g/mol. The number of unbranched alkanes of at least 4 members (excludes halogenated alkanes) is 22. The molecular formula is C43H79NO6. The lowest BCUT2D eigenvalue weighted by molar-refractivity contribution is -0.152. The van der Waals surface area contributed by atoms with Crippen LogP contribution in [0.3, 0.4) is 0 Å². The van der Waals surface area contributed by atoms with Crippen LogP contribution in [-0.2, 0) is 23.9 Å². The third kappa shape index (κ3) is 38.4. The fourth-order valence-corrected chi connectivity index (χ4v) is 5.89. The molecule has 0 aliphatic carbocycles. The lowest BCUT2D eigenvalue weighted by atomic mass is 10.1. The van der Waals surface area contributed by atoms with Crippen molar-refractivity contribution in [3.8, 4) is 0 Å². The molecule has 0 aromatic rings. The van der Waals surface area contributed by atoms with Gasteiger partial charge in [0.15, 0.2) is 0 Å². The predicted octanol–water partition coefficient (Wildman–Crippen LogP) is 12.5. The molecule has 292 valence electrons. The molecule has 0 saturated heterocycles. The first kappa shape index (κ1) is 49.7. The monoisotopic (exact) mass is 706 g/mol. The maximum Gasteiger partial charge on any atom is 0.305 e. The first-order chi connectivity index (χ1) is 24.2. The minimum atomic E-state index is -0.664. The molecule has 0 radical (unpaired) electrons. The minimum absolute atomic E-state index is 0.0586. The number of nitrogens with zero attached hydrogens (tertiary/aromatic N) is 1. The molecule has 0 saturated carbocycles. The van der Waals surface area contributed by atoms with Crippen molar-refractivity contribution in [2.45, 2.75) is 220 Å². The Morgan fingerprint density at radius 1 is 0.520 bits per heavy atom. The third-order valence-electron chi connectivity index (χ3n) is 8.90. The Labute approximate surface area is 308 Å². The number of carboxylic acids is 1. The lowest BCUT2D eigenvalue weighted by Gasteiger charge is -2.24. The van der Waals surface area contributed by atoms with Crippen molar-refractivity contribution in [1.82, 2.24) is 4.90 Å². The SMILES string of the molecule is CCCCCCCCC=CCCCCCCCC(=O)O.CCCCCCCCC=CCCCCCCCC(=O)OCC(C)N(C(C)=O)C(C)=O. The maximum atomic E-state index is 11.8. The average Bonchev–Trinajstić information content (AvgIpc) is 3.07. The van der Waals surface area contributed by atoms with Crippen LogP contribution < -0.4 is 0 Å². The molecule has 0 aromatic carbocycles. The number of carbonyl (C=O) groups is 4. The highest BCUT2D eigenvalue weighted by atomic mass is 16.5. The van der Waals surface area contributed by atoms with Crippen molar-refractivity contribution in [2.75, 3.05) is 6.61 Å². The van der Waals surface area contributed by atoms with Crippen LogP contribution in [0.25, 0.3) is 0 Å². The third-order valence-corrected chi connectivity index (χ3v) is 8.90. The molecule has 0 rings (SSSR count). The number of amides is 2. The molecule has 50 heavy (non-hydrogen) atoms. The number of hydrogen-bond donors (Lipinski definition) is 1. The summed E-state index contributed by atoms with van der Waals surface area (Å²) in [6.45, 7) is 8.95. The second-order valence-corrected chi connectivity index (χ2v) is 14.0. The van der Waals surface area contributed by atoms with Crippen molar-refractivity contribution < 1.29 is 29.0 Å². The summed E-state index contributed by atoms with van der Waals surface area (Å²) in [5, 5.41) is 8.51. The summed E-state index contributed by atoms with van der Waals surface area (Å²) in [7, 11) is 0. The number of esters is 1. The zero-order valence-electron chi connectivity index (χ0n) is 33.3. The summed E-state index contributed by atoms with van der Waals surface area (Å²) < 4.78 is 5.21. The smallest absolute Gasteiger partial charge is 0.305 e. The summed E-state index contributed by atoms with van der Waals surface area (Å²) in [6.07, 6.45) is 42.2. The minimum Gasteiger partial charge on any atom is -0.481 e. The van der Waals surface area contributed by atoms with Gasteiger partial charge in [-0.15, -0.1) is 0 Å². The Bertz CT molecular complexity index is 853. The topological polar surface area (TPSA) is 101 Å². The standard InChI is InChI=1S/C25H45NO4.C18H34O2/c1-5-6-7-8-9-10-11-12-13-14-15-16-17-18-19-20-25(29)30-21-22(2)26(23(3)27)24(4)28;1-2-3-4-5-6-7-8-9-10-11-12-13-14-15-16-17-18(19)20/h12-13,22H,5-11,14-21H2,1-4H3;9-10H,2-8,11-17H2,1H3,(H,19,20). The highest BCUT2D eigenvalue weighted by Crippen LogP contribution is 2.12. The number of carbonyl (C=O) groups excluding carboxylic acids is 3.